The number of ether oxygens (including phenoxy) is 1. The molecule has 6 nitrogen and oxygen atoms in total. The topological polar surface area (TPSA) is 79.5 Å². The lowest BCUT2D eigenvalue weighted by Crippen LogP contribution is -2.22. The Kier molecular flexibility index (Phi) is 7.16. The van der Waals surface area contributed by atoms with Crippen molar-refractivity contribution in [2.75, 3.05) is 29.1 Å². The number of benzene rings is 3. The Morgan fingerprint density at radius 1 is 0.871 bits per heavy atom. The van der Waals surface area contributed by atoms with Crippen molar-refractivity contribution in [2.24, 2.45) is 0 Å². The summed E-state index contributed by atoms with van der Waals surface area (Å²) in [5.74, 6) is -1.47. The van der Waals surface area contributed by atoms with E-state index in [-0.39, 0.29) is 18.1 Å². The van der Waals surface area contributed by atoms with E-state index in [2.05, 4.69) is 16.0 Å². The summed E-state index contributed by atoms with van der Waals surface area (Å²) in [7, 11) is 0. The van der Waals surface area contributed by atoms with E-state index in [1.54, 1.807) is 48.5 Å². The number of hydrogen-bond donors (Lipinski definition) is 3. The lowest BCUT2D eigenvalue weighted by atomic mass is 10.2. The van der Waals surface area contributed by atoms with Crippen LogP contribution in [0.4, 0.5) is 25.8 Å². The van der Waals surface area contributed by atoms with Gasteiger partial charge in [0.05, 0.1) is 18.8 Å². The van der Waals surface area contributed by atoms with Crippen LogP contribution in [0.5, 0.6) is 5.75 Å². The summed E-state index contributed by atoms with van der Waals surface area (Å²) in [4.78, 5) is 24.3. The van der Waals surface area contributed by atoms with E-state index in [0.717, 1.165) is 23.9 Å². The number of anilines is 3. The first-order chi connectivity index (χ1) is 14.9. The van der Waals surface area contributed by atoms with Crippen molar-refractivity contribution in [3.05, 3.63) is 83.9 Å². The second kappa shape index (κ2) is 10.2. The third-order valence-electron chi connectivity index (χ3n) is 4.23. The van der Waals surface area contributed by atoms with Gasteiger partial charge in [-0.1, -0.05) is 0 Å². The fourth-order valence-corrected chi connectivity index (χ4v) is 2.71. The SMILES string of the molecule is CCOc1ccc(NC(=O)c2ccc(NCC(=O)Nc3cc(F)ccc3F)cc2)cc1. The summed E-state index contributed by atoms with van der Waals surface area (Å²) in [5.41, 5.74) is 1.43. The van der Waals surface area contributed by atoms with E-state index in [0.29, 0.717) is 23.5 Å². The minimum absolute atomic E-state index is 0.159. The Balaban J connectivity index is 1.51. The van der Waals surface area contributed by atoms with Crippen LogP contribution in [-0.2, 0) is 4.79 Å². The molecule has 3 aromatic rings. The van der Waals surface area contributed by atoms with Crippen LogP contribution in [0.1, 0.15) is 17.3 Å². The van der Waals surface area contributed by atoms with Gasteiger partial charge in [0.2, 0.25) is 5.91 Å². The highest BCUT2D eigenvalue weighted by molar-refractivity contribution is 6.04. The molecule has 0 spiro atoms. The fourth-order valence-electron chi connectivity index (χ4n) is 2.71. The van der Waals surface area contributed by atoms with Crippen molar-refractivity contribution >= 4 is 28.9 Å². The molecule has 0 saturated heterocycles. The van der Waals surface area contributed by atoms with E-state index in [1.807, 2.05) is 6.92 Å². The summed E-state index contributed by atoms with van der Waals surface area (Å²) >= 11 is 0. The predicted octanol–water partition coefficient (Wildman–Crippen LogP) is 4.67. The summed E-state index contributed by atoms with van der Waals surface area (Å²) in [6, 6.07) is 16.4. The zero-order valence-electron chi connectivity index (χ0n) is 16.7. The zero-order valence-corrected chi connectivity index (χ0v) is 16.7. The van der Waals surface area contributed by atoms with Gasteiger partial charge in [-0.3, -0.25) is 9.59 Å². The molecule has 3 N–H and O–H groups in total. The number of amides is 2. The normalized spacial score (nSPS) is 10.3. The van der Waals surface area contributed by atoms with Gasteiger partial charge in [-0.25, -0.2) is 8.78 Å². The van der Waals surface area contributed by atoms with Crippen molar-refractivity contribution in [2.45, 2.75) is 6.92 Å². The van der Waals surface area contributed by atoms with Crippen LogP contribution >= 0.6 is 0 Å². The van der Waals surface area contributed by atoms with Gasteiger partial charge in [-0.15, -0.1) is 0 Å². The van der Waals surface area contributed by atoms with Crippen LogP contribution in [0.2, 0.25) is 0 Å². The Bertz CT molecular complexity index is 1050. The maximum atomic E-state index is 13.6. The molecule has 0 aromatic heterocycles. The molecule has 0 aliphatic heterocycles. The van der Waals surface area contributed by atoms with Gasteiger partial charge < -0.3 is 20.7 Å². The molecule has 3 rings (SSSR count). The standard InChI is InChI=1S/C23H21F2N3O3/c1-2-31-19-10-8-18(9-11-19)27-23(30)15-3-6-17(7-4-15)26-14-22(29)28-21-13-16(24)5-12-20(21)25/h3-13,26H,2,14H2,1H3,(H,27,30)(H,28,29). The molecule has 0 unspecified atom stereocenters. The molecule has 0 aliphatic carbocycles. The van der Waals surface area contributed by atoms with Gasteiger partial charge in [0.1, 0.15) is 17.4 Å². The lowest BCUT2D eigenvalue weighted by Gasteiger charge is -2.10. The molecule has 8 heteroatoms. The Labute approximate surface area is 178 Å². The van der Waals surface area contributed by atoms with Crippen molar-refractivity contribution < 1.29 is 23.1 Å². The third-order valence-corrected chi connectivity index (χ3v) is 4.23. The molecule has 0 radical (unpaired) electrons. The highest BCUT2D eigenvalue weighted by Gasteiger charge is 2.09. The highest BCUT2D eigenvalue weighted by Crippen LogP contribution is 2.18. The van der Waals surface area contributed by atoms with Crippen molar-refractivity contribution in [1.82, 2.24) is 0 Å². The molecule has 2 amide bonds. The second-order valence-electron chi connectivity index (χ2n) is 6.51. The summed E-state index contributed by atoms with van der Waals surface area (Å²) in [6.07, 6.45) is 0. The molecule has 160 valence electrons. The van der Waals surface area contributed by atoms with Gasteiger partial charge >= 0.3 is 0 Å². The average molecular weight is 425 g/mol. The van der Waals surface area contributed by atoms with Crippen LogP contribution in [0.15, 0.2) is 66.7 Å². The van der Waals surface area contributed by atoms with Gasteiger partial charge in [-0.2, -0.15) is 0 Å². The van der Waals surface area contributed by atoms with E-state index >= 15 is 0 Å². The Morgan fingerprint density at radius 2 is 1.55 bits per heavy atom. The number of nitrogens with one attached hydrogen (secondary N) is 3. The highest BCUT2D eigenvalue weighted by atomic mass is 19.1. The van der Waals surface area contributed by atoms with E-state index in [9.17, 15) is 18.4 Å². The fraction of sp³-hybridized carbons (Fsp3) is 0.130. The van der Waals surface area contributed by atoms with Crippen molar-refractivity contribution in [3.63, 3.8) is 0 Å². The molecule has 0 bridgehead atoms. The Hall–Kier alpha value is -3.94. The number of carbonyl (C=O) groups is 2. The molecule has 31 heavy (non-hydrogen) atoms. The minimum atomic E-state index is -0.724. The van der Waals surface area contributed by atoms with Gasteiger partial charge in [0.15, 0.2) is 0 Å². The molecule has 0 atom stereocenters. The Morgan fingerprint density at radius 3 is 2.23 bits per heavy atom. The van der Waals surface area contributed by atoms with Crippen molar-refractivity contribution in [1.29, 1.82) is 0 Å². The lowest BCUT2D eigenvalue weighted by molar-refractivity contribution is -0.114. The van der Waals surface area contributed by atoms with Gasteiger partial charge in [0.25, 0.3) is 5.91 Å². The maximum Gasteiger partial charge on any atom is 0.255 e. The van der Waals surface area contributed by atoms with E-state index in [4.69, 9.17) is 4.74 Å². The summed E-state index contributed by atoms with van der Waals surface area (Å²) in [5, 5.41) is 7.95. The van der Waals surface area contributed by atoms with Crippen LogP contribution in [0.25, 0.3) is 0 Å². The molecular formula is C23H21F2N3O3. The number of carbonyl (C=O) groups excluding carboxylic acids is 2. The van der Waals surface area contributed by atoms with Crippen LogP contribution in [0, 0.1) is 11.6 Å². The average Bonchev–Trinajstić information content (AvgIpc) is 2.77. The van der Waals surface area contributed by atoms with E-state index in [1.165, 1.54) is 0 Å². The second-order valence-corrected chi connectivity index (χ2v) is 6.51. The monoisotopic (exact) mass is 425 g/mol. The summed E-state index contributed by atoms with van der Waals surface area (Å²) in [6.45, 7) is 2.30. The zero-order chi connectivity index (χ0) is 22.2. The van der Waals surface area contributed by atoms with Crippen LogP contribution in [0.3, 0.4) is 0 Å². The number of halogens is 2. The number of hydrogen-bond acceptors (Lipinski definition) is 4. The third kappa shape index (κ3) is 6.27. The molecule has 3 aromatic carbocycles. The molecule has 0 aliphatic rings. The quantitative estimate of drug-likeness (QED) is 0.490. The van der Waals surface area contributed by atoms with Crippen LogP contribution in [-0.4, -0.2) is 25.0 Å². The smallest absolute Gasteiger partial charge is 0.255 e. The largest absolute Gasteiger partial charge is 0.494 e. The van der Waals surface area contributed by atoms with Gasteiger partial charge in [-0.05, 0) is 67.6 Å². The first-order valence-corrected chi connectivity index (χ1v) is 9.57. The molecule has 0 heterocycles. The molecule has 0 fully saturated rings. The maximum absolute atomic E-state index is 13.6. The van der Waals surface area contributed by atoms with Crippen molar-refractivity contribution in [3.8, 4) is 5.75 Å². The van der Waals surface area contributed by atoms with Crippen LogP contribution < -0.4 is 20.7 Å². The first kappa shape index (κ1) is 21.8. The predicted molar refractivity (Wildman–Crippen MR) is 115 cm³/mol. The van der Waals surface area contributed by atoms with Gasteiger partial charge in [0, 0.05) is 23.0 Å². The first-order valence-electron chi connectivity index (χ1n) is 9.57. The molecule has 0 saturated carbocycles. The number of rotatable bonds is 8. The summed E-state index contributed by atoms with van der Waals surface area (Å²) < 4.78 is 32.1. The molecular weight excluding hydrogens is 404 g/mol. The minimum Gasteiger partial charge on any atom is -0.494 e. The van der Waals surface area contributed by atoms with E-state index < -0.39 is 17.5 Å².